The van der Waals surface area contributed by atoms with Crippen molar-refractivity contribution in [1.29, 1.82) is 0 Å². The number of hydrogen-bond donors (Lipinski definition) is 3. The fourth-order valence-electron chi connectivity index (χ4n) is 3.18. The number of ether oxygens (including phenoxy) is 1. The van der Waals surface area contributed by atoms with Crippen LogP contribution in [0.4, 0.5) is 10.5 Å². The zero-order valence-electron chi connectivity index (χ0n) is 15.4. The third kappa shape index (κ3) is 4.64. The van der Waals surface area contributed by atoms with E-state index in [2.05, 4.69) is 21.2 Å². The first-order chi connectivity index (χ1) is 13.5. The molecule has 2 atom stereocenters. The van der Waals surface area contributed by atoms with Crippen molar-refractivity contribution in [2.75, 3.05) is 11.9 Å². The molecule has 0 bridgehead atoms. The zero-order chi connectivity index (χ0) is 20.1. The van der Waals surface area contributed by atoms with Gasteiger partial charge in [0.05, 0.1) is 5.69 Å². The van der Waals surface area contributed by atoms with E-state index in [1.807, 2.05) is 49.4 Å². The van der Waals surface area contributed by atoms with Gasteiger partial charge in [0.25, 0.3) is 0 Å². The summed E-state index contributed by atoms with van der Waals surface area (Å²) in [6.45, 7) is 1.83. The Morgan fingerprint density at radius 3 is 2.68 bits per heavy atom. The highest BCUT2D eigenvalue weighted by Crippen LogP contribution is 2.36. The lowest BCUT2D eigenvalue weighted by Crippen LogP contribution is -2.22. The smallest absolute Gasteiger partial charge is 0.412 e. The number of hydrogen-bond acceptors (Lipinski definition) is 4. The van der Waals surface area contributed by atoms with E-state index in [1.54, 1.807) is 18.2 Å². The van der Waals surface area contributed by atoms with Crippen molar-refractivity contribution in [3.63, 3.8) is 0 Å². The second-order valence-electron chi connectivity index (χ2n) is 6.67. The predicted molar refractivity (Wildman–Crippen MR) is 113 cm³/mol. The number of nitrogens with one attached hydrogen (secondary N) is 1. The number of carbonyl (C=O) groups excluding carboxylic acids is 1. The number of carbonyl (C=O) groups is 1. The molecule has 5 nitrogen and oxygen atoms in total. The largest absolute Gasteiger partial charge is 0.508 e. The van der Waals surface area contributed by atoms with Gasteiger partial charge in [0, 0.05) is 22.0 Å². The molecule has 0 heterocycles. The molecule has 6 heteroatoms. The quantitative estimate of drug-likeness (QED) is 0.462. The number of rotatable bonds is 6. The van der Waals surface area contributed by atoms with E-state index >= 15 is 0 Å². The van der Waals surface area contributed by atoms with Gasteiger partial charge in [-0.1, -0.05) is 59.3 Å². The Kier molecular flexibility index (Phi) is 6.54. The maximum absolute atomic E-state index is 12.7. The third-order valence-corrected chi connectivity index (χ3v) is 5.15. The molecule has 0 unspecified atom stereocenters. The second kappa shape index (κ2) is 9.08. The Morgan fingerprint density at radius 2 is 1.89 bits per heavy atom. The molecule has 0 aliphatic carbocycles. The number of phenols is 1. The number of aliphatic hydroxyl groups is 1. The highest BCUT2D eigenvalue weighted by Gasteiger charge is 2.26. The summed E-state index contributed by atoms with van der Waals surface area (Å²) in [6, 6.07) is 18.4. The van der Waals surface area contributed by atoms with Crippen molar-refractivity contribution < 1.29 is 19.7 Å². The van der Waals surface area contributed by atoms with Crippen molar-refractivity contribution in [3.8, 4) is 5.75 Å². The monoisotopic (exact) mass is 443 g/mol. The lowest BCUT2D eigenvalue weighted by atomic mass is 9.94. The highest BCUT2D eigenvalue weighted by atomic mass is 79.9. The van der Waals surface area contributed by atoms with Crippen molar-refractivity contribution in [3.05, 3.63) is 70.7 Å². The summed E-state index contributed by atoms with van der Waals surface area (Å²) in [4.78, 5) is 12.7. The summed E-state index contributed by atoms with van der Waals surface area (Å²) >= 11 is 3.38. The molecule has 0 aliphatic heterocycles. The van der Waals surface area contributed by atoms with E-state index in [4.69, 9.17) is 4.74 Å². The number of fused-ring (bicyclic) bond motifs is 1. The molecule has 3 N–H and O–H groups in total. The molecule has 28 heavy (non-hydrogen) atoms. The van der Waals surface area contributed by atoms with Crippen LogP contribution in [-0.4, -0.2) is 22.9 Å². The molecule has 3 aromatic carbocycles. The summed E-state index contributed by atoms with van der Waals surface area (Å²) in [7, 11) is 0. The fourth-order valence-corrected chi connectivity index (χ4v) is 3.56. The van der Waals surface area contributed by atoms with E-state index in [0.717, 1.165) is 15.2 Å². The number of benzene rings is 3. The SMILES string of the molecule is C[C@H](CCO)[C@@H](OC(=O)Nc1cccc2ccccc12)c1cc(Br)ccc1O. The molecule has 3 aromatic rings. The molecule has 0 aromatic heterocycles. The van der Waals surface area contributed by atoms with Crippen LogP contribution in [0.25, 0.3) is 10.8 Å². The van der Waals surface area contributed by atoms with Crippen LogP contribution in [0.3, 0.4) is 0 Å². The maximum Gasteiger partial charge on any atom is 0.412 e. The molecule has 146 valence electrons. The van der Waals surface area contributed by atoms with Gasteiger partial charge in [-0.05, 0) is 42.0 Å². The molecule has 0 spiro atoms. The number of phenolic OH excluding ortho intramolecular Hbond substituents is 1. The van der Waals surface area contributed by atoms with Gasteiger partial charge in [-0.25, -0.2) is 4.79 Å². The number of amides is 1. The second-order valence-corrected chi connectivity index (χ2v) is 7.59. The van der Waals surface area contributed by atoms with E-state index in [-0.39, 0.29) is 18.3 Å². The first-order valence-corrected chi connectivity index (χ1v) is 9.83. The predicted octanol–water partition coefficient (Wildman–Crippen LogP) is 5.62. The Balaban J connectivity index is 1.85. The van der Waals surface area contributed by atoms with Crippen LogP contribution in [-0.2, 0) is 4.74 Å². The van der Waals surface area contributed by atoms with Crippen LogP contribution in [0.1, 0.15) is 25.0 Å². The molecule has 0 radical (unpaired) electrons. The first-order valence-electron chi connectivity index (χ1n) is 9.04. The van der Waals surface area contributed by atoms with Gasteiger partial charge in [-0.2, -0.15) is 0 Å². The van der Waals surface area contributed by atoms with E-state index in [1.165, 1.54) is 0 Å². The number of anilines is 1. The van der Waals surface area contributed by atoms with Gasteiger partial charge in [-0.15, -0.1) is 0 Å². The van der Waals surface area contributed by atoms with Crippen molar-refractivity contribution in [1.82, 2.24) is 0 Å². The van der Waals surface area contributed by atoms with Crippen molar-refractivity contribution in [2.24, 2.45) is 5.92 Å². The Labute approximate surface area is 172 Å². The Morgan fingerprint density at radius 1 is 1.14 bits per heavy atom. The average Bonchev–Trinajstić information content (AvgIpc) is 2.68. The molecular weight excluding hydrogens is 422 g/mol. The summed E-state index contributed by atoms with van der Waals surface area (Å²) in [5, 5.41) is 24.3. The summed E-state index contributed by atoms with van der Waals surface area (Å²) < 4.78 is 6.46. The minimum absolute atomic E-state index is 0.0379. The molecule has 0 aliphatic rings. The molecule has 1 amide bonds. The lowest BCUT2D eigenvalue weighted by molar-refractivity contribution is 0.0652. The normalized spacial score (nSPS) is 13.1. The summed E-state index contributed by atoms with van der Waals surface area (Å²) in [5.74, 6) is -0.153. The Bertz CT molecular complexity index is 970. The number of aliphatic hydroxyl groups excluding tert-OH is 1. The van der Waals surface area contributed by atoms with E-state index < -0.39 is 12.2 Å². The molecule has 0 saturated heterocycles. The van der Waals surface area contributed by atoms with Crippen LogP contribution in [0.5, 0.6) is 5.75 Å². The first kappa shape index (κ1) is 20.2. The van der Waals surface area contributed by atoms with Gasteiger partial charge < -0.3 is 14.9 Å². The van der Waals surface area contributed by atoms with Crippen molar-refractivity contribution >= 4 is 38.5 Å². The number of aromatic hydroxyl groups is 1. The van der Waals surface area contributed by atoms with Gasteiger partial charge >= 0.3 is 6.09 Å². The summed E-state index contributed by atoms with van der Waals surface area (Å²) in [6.07, 6.45) is -0.900. The van der Waals surface area contributed by atoms with Gasteiger partial charge in [-0.3, -0.25) is 5.32 Å². The third-order valence-electron chi connectivity index (χ3n) is 4.66. The van der Waals surface area contributed by atoms with Gasteiger partial charge in [0.1, 0.15) is 11.9 Å². The zero-order valence-corrected chi connectivity index (χ0v) is 17.0. The average molecular weight is 444 g/mol. The van der Waals surface area contributed by atoms with Gasteiger partial charge in [0.15, 0.2) is 0 Å². The fraction of sp³-hybridized carbons (Fsp3) is 0.227. The lowest BCUT2D eigenvalue weighted by Gasteiger charge is -2.25. The summed E-state index contributed by atoms with van der Waals surface area (Å²) in [5.41, 5.74) is 1.14. The maximum atomic E-state index is 12.7. The Hall–Kier alpha value is -2.57. The number of halogens is 1. The van der Waals surface area contributed by atoms with Crippen molar-refractivity contribution in [2.45, 2.75) is 19.4 Å². The molecule has 0 fully saturated rings. The van der Waals surface area contributed by atoms with Crippen LogP contribution >= 0.6 is 15.9 Å². The minimum Gasteiger partial charge on any atom is -0.508 e. The van der Waals surface area contributed by atoms with Crippen LogP contribution in [0, 0.1) is 5.92 Å². The van der Waals surface area contributed by atoms with E-state index in [0.29, 0.717) is 17.7 Å². The molecular formula is C22H22BrNO4. The van der Waals surface area contributed by atoms with Crippen LogP contribution in [0.15, 0.2) is 65.1 Å². The topological polar surface area (TPSA) is 78.8 Å². The van der Waals surface area contributed by atoms with Crippen LogP contribution in [0.2, 0.25) is 0 Å². The minimum atomic E-state index is -0.709. The highest BCUT2D eigenvalue weighted by molar-refractivity contribution is 9.10. The van der Waals surface area contributed by atoms with E-state index in [9.17, 15) is 15.0 Å². The van der Waals surface area contributed by atoms with Crippen LogP contribution < -0.4 is 5.32 Å². The molecule has 3 rings (SSSR count). The molecule has 0 saturated carbocycles. The standard InChI is InChI=1S/C22H22BrNO4/c1-14(11-12-25)21(18-13-16(23)9-10-20(18)26)28-22(27)24-19-8-4-6-15-5-2-3-7-17(15)19/h2-10,13-14,21,25-26H,11-12H2,1H3,(H,24,27)/t14-,21-/m1/s1. The van der Waals surface area contributed by atoms with Gasteiger partial charge in [0.2, 0.25) is 0 Å².